The largest absolute Gasteiger partial charge is 0.484 e. The Morgan fingerprint density at radius 2 is 1.91 bits per heavy atom. The molecule has 1 heterocycles. The van der Waals surface area contributed by atoms with Gasteiger partial charge in [0.05, 0.1) is 10.8 Å². The molecule has 11 heteroatoms. The fourth-order valence-electron chi connectivity index (χ4n) is 2.68. The molecule has 1 amide bonds. The summed E-state index contributed by atoms with van der Waals surface area (Å²) in [6, 6.07) is 13.3. The minimum Gasteiger partial charge on any atom is -0.484 e. The number of hydrogen-bond donors (Lipinski definition) is 0. The third kappa shape index (κ3) is 6.57. The Hall–Kier alpha value is -2.85. The summed E-state index contributed by atoms with van der Waals surface area (Å²) in [4.78, 5) is 14.0. The fraction of sp³-hybridized carbons (Fsp3) is 0.286. The van der Waals surface area contributed by atoms with Crippen LogP contribution in [0.2, 0.25) is 5.02 Å². The average molecular weight is 483 g/mol. The van der Waals surface area contributed by atoms with Crippen molar-refractivity contribution >= 4 is 29.3 Å². The summed E-state index contributed by atoms with van der Waals surface area (Å²) in [5.74, 6) is 1.28. The molecule has 7 nitrogen and oxygen atoms in total. The lowest BCUT2D eigenvalue weighted by molar-refractivity contribution is -0.127. The molecule has 32 heavy (non-hydrogen) atoms. The lowest BCUT2D eigenvalue weighted by Gasteiger charge is -2.17. The monoisotopic (exact) mass is 482 g/mol. The predicted molar refractivity (Wildman–Crippen MR) is 117 cm³/mol. The van der Waals surface area contributed by atoms with Gasteiger partial charge in [0.2, 0.25) is 5.91 Å². The SMILES string of the molecule is CN(Cc1ccc(OC(F)F)cc1)C(=O)CSc1nnc(COc2ccccc2Cl)n1C. The second-order valence-corrected chi connectivity index (χ2v) is 8.09. The van der Waals surface area contributed by atoms with Gasteiger partial charge in [0, 0.05) is 20.6 Å². The van der Waals surface area contributed by atoms with Crippen molar-refractivity contribution in [3.63, 3.8) is 0 Å². The highest BCUT2D eigenvalue weighted by molar-refractivity contribution is 7.99. The van der Waals surface area contributed by atoms with Gasteiger partial charge in [0.15, 0.2) is 11.0 Å². The van der Waals surface area contributed by atoms with Crippen LogP contribution in [0, 0.1) is 0 Å². The number of nitrogens with zero attached hydrogens (tertiary/aromatic N) is 4. The number of benzene rings is 2. The molecule has 3 aromatic rings. The third-order valence-corrected chi connectivity index (χ3v) is 5.75. The minimum atomic E-state index is -2.87. The van der Waals surface area contributed by atoms with E-state index in [-0.39, 0.29) is 24.0 Å². The standard InChI is InChI=1S/C21H21ClF2N4O3S/c1-27(11-14-7-9-15(10-8-14)31-20(23)24)19(29)13-32-21-26-25-18(28(21)2)12-30-17-6-4-3-5-16(17)22/h3-10,20H,11-13H2,1-2H3. The maximum atomic E-state index is 12.5. The van der Waals surface area contributed by atoms with Gasteiger partial charge in [-0.3, -0.25) is 4.79 Å². The molecule has 0 radical (unpaired) electrons. The molecule has 1 aromatic heterocycles. The average Bonchev–Trinajstić information content (AvgIpc) is 3.11. The summed E-state index contributed by atoms with van der Waals surface area (Å²) in [6.45, 7) is -2.34. The van der Waals surface area contributed by atoms with E-state index in [0.717, 1.165) is 5.56 Å². The zero-order valence-corrected chi connectivity index (χ0v) is 18.9. The third-order valence-electron chi connectivity index (χ3n) is 4.44. The molecule has 0 spiro atoms. The summed E-state index contributed by atoms with van der Waals surface area (Å²) in [5.41, 5.74) is 0.796. The van der Waals surface area contributed by atoms with Gasteiger partial charge in [-0.15, -0.1) is 10.2 Å². The van der Waals surface area contributed by atoms with E-state index in [9.17, 15) is 13.6 Å². The first-order chi connectivity index (χ1) is 15.3. The van der Waals surface area contributed by atoms with E-state index in [2.05, 4.69) is 14.9 Å². The Bertz CT molecular complexity index is 1050. The van der Waals surface area contributed by atoms with E-state index in [0.29, 0.717) is 28.3 Å². The van der Waals surface area contributed by atoms with E-state index in [1.54, 1.807) is 47.8 Å². The quantitative estimate of drug-likeness (QED) is 0.399. The van der Waals surface area contributed by atoms with E-state index < -0.39 is 6.61 Å². The van der Waals surface area contributed by atoms with Gasteiger partial charge in [-0.1, -0.05) is 47.6 Å². The first-order valence-electron chi connectivity index (χ1n) is 9.49. The molecule has 0 saturated heterocycles. The molecule has 0 saturated carbocycles. The number of aromatic nitrogens is 3. The van der Waals surface area contributed by atoms with Crippen molar-refractivity contribution in [2.45, 2.75) is 24.9 Å². The van der Waals surface area contributed by atoms with Crippen molar-refractivity contribution in [3.8, 4) is 11.5 Å². The number of carbonyl (C=O) groups excluding carboxylic acids is 1. The van der Waals surface area contributed by atoms with Gasteiger partial charge < -0.3 is 18.9 Å². The highest BCUT2D eigenvalue weighted by atomic mass is 35.5. The highest BCUT2D eigenvalue weighted by Crippen LogP contribution is 2.24. The summed E-state index contributed by atoms with van der Waals surface area (Å²) >= 11 is 7.35. The minimum absolute atomic E-state index is 0.0740. The second kappa shape index (κ2) is 11.1. The van der Waals surface area contributed by atoms with E-state index in [1.165, 1.54) is 23.9 Å². The molecule has 2 aromatic carbocycles. The summed E-state index contributed by atoms with van der Waals surface area (Å²) in [5, 5.41) is 9.32. The normalized spacial score (nSPS) is 10.9. The van der Waals surface area contributed by atoms with Gasteiger partial charge >= 0.3 is 6.61 Å². The first-order valence-corrected chi connectivity index (χ1v) is 10.9. The molecule has 0 aliphatic heterocycles. The molecule has 170 valence electrons. The van der Waals surface area contributed by atoms with Crippen molar-refractivity contribution in [3.05, 3.63) is 64.9 Å². The number of thioether (sulfide) groups is 1. The molecule has 0 unspecified atom stereocenters. The molecular formula is C21H21ClF2N4O3S. The number of alkyl halides is 2. The van der Waals surface area contributed by atoms with Crippen LogP contribution in [0.5, 0.6) is 11.5 Å². The smallest absolute Gasteiger partial charge is 0.387 e. The molecular weight excluding hydrogens is 462 g/mol. The van der Waals surface area contributed by atoms with Crippen LogP contribution in [0.4, 0.5) is 8.78 Å². The number of para-hydroxylation sites is 1. The van der Waals surface area contributed by atoms with Crippen molar-refractivity contribution in [2.75, 3.05) is 12.8 Å². The number of rotatable bonds is 10. The Labute approximate surface area is 193 Å². The lowest BCUT2D eigenvalue weighted by Crippen LogP contribution is -2.27. The van der Waals surface area contributed by atoms with Crippen LogP contribution in [-0.2, 0) is 25.0 Å². The van der Waals surface area contributed by atoms with Crippen LogP contribution >= 0.6 is 23.4 Å². The number of halogens is 3. The topological polar surface area (TPSA) is 69.5 Å². The lowest BCUT2D eigenvalue weighted by atomic mass is 10.2. The maximum Gasteiger partial charge on any atom is 0.387 e. The Balaban J connectivity index is 1.49. The van der Waals surface area contributed by atoms with Crippen LogP contribution < -0.4 is 9.47 Å². The number of ether oxygens (including phenoxy) is 2. The number of hydrogen-bond acceptors (Lipinski definition) is 6. The summed E-state index contributed by atoms with van der Waals surface area (Å²) in [6.07, 6.45) is 0. The molecule has 3 rings (SSSR count). The summed E-state index contributed by atoms with van der Waals surface area (Å²) in [7, 11) is 3.47. The van der Waals surface area contributed by atoms with Crippen molar-refractivity contribution in [2.24, 2.45) is 7.05 Å². The Kier molecular flexibility index (Phi) is 8.29. The zero-order chi connectivity index (χ0) is 23.1. The molecule has 0 aliphatic carbocycles. The molecule has 0 bridgehead atoms. The van der Waals surface area contributed by atoms with Crippen molar-refractivity contribution < 1.29 is 23.0 Å². The number of amides is 1. The summed E-state index contributed by atoms with van der Waals surface area (Å²) < 4.78 is 36.2. The van der Waals surface area contributed by atoms with Gasteiger partial charge in [0.1, 0.15) is 18.1 Å². The Morgan fingerprint density at radius 3 is 2.59 bits per heavy atom. The molecule has 0 atom stereocenters. The van der Waals surface area contributed by atoms with E-state index >= 15 is 0 Å². The van der Waals surface area contributed by atoms with Crippen LogP contribution in [-0.4, -0.2) is 45.0 Å². The van der Waals surface area contributed by atoms with Gasteiger partial charge in [0.25, 0.3) is 0 Å². The number of carbonyl (C=O) groups is 1. The highest BCUT2D eigenvalue weighted by Gasteiger charge is 2.15. The van der Waals surface area contributed by atoms with E-state index in [4.69, 9.17) is 16.3 Å². The molecule has 0 aliphatic rings. The van der Waals surface area contributed by atoms with Gasteiger partial charge in [-0.05, 0) is 29.8 Å². The van der Waals surface area contributed by atoms with Crippen molar-refractivity contribution in [1.29, 1.82) is 0 Å². The van der Waals surface area contributed by atoms with Crippen LogP contribution in [0.1, 0.15) is 11.4 Å². The molecule has 0 fully saturated rings. The second-order valence-electron chi connectivity index (χ2n) is 6.74. The van der Waals surface area contributed by atoms with Crippen LogP contribution in [0.25, 0.3) is 0 Å². The van der Waals surface area contributed by atoms with Gasteiger partial charge in [-0.2, -0.15) is 8.78 Å². The van der Waals surface area contributed by atoms with Crippen LogP contribution in [0.15, 0.2) is 53.7 Å². The van der Waals surface area contributed by atoms with Crippen molar-refractivity contribution in [1.82, 2.24) is 19.7 Å². The van der Waals surface area contributed by atoms with E-state index in [1.807, 2.05) is 12.1 Å². The van der Waals surface area contributed by atoms with Gasteiger partial charge in [-0.25, -0.2) is 0 Å². The fourth-order valence-corrected chi connectivity index (χ4v) is 3.74. The zero-order valence-electron chi connectivity index (χ0n) is 17.4. The molecule has 0 N–H and O–H groups in total. The Morgan fingerprint density at radius 1 is 1.19 bits per heavy atom. The first kappa shape index (κ1) is 23.8. The maximum absolute atomic E-state index is 12.5. The van der Waals surface area contributed by atoms with Crippen LogP contribution in [0.3, 0.4) is 0 Å². The predicted octanol–water partition coefficient (Wildman–Crippen LogP) is 4.40.